The minimum absolute atomic E-state index is 0.00963. The fourth-order valence-corrected chi connectivity index (χ4v) is 3.77. The molecule has 2 amide bonds. The van der Waals surface area contributed by atoms with Crippen LogP contribution in [0.3, 0.4) is 0 Å². The molecule has 0 fully saturated rings. The lowest BCUT2D eigenvalue weighted by Gasteiger charge is -2.28. The molecule has 6 heteroatoms. The molecule has 2 atom stereocenters. The van der Waals surface area contributed by atoms with Crippen LogP contribution in [0.2, 0.25) is 0 Å². The molecule has 2 aromatic carbocycles. The number of benzene rings is 2. The van der Waals surface area contributed by atoms with Crippen molar-refractivity contribution in [2.45, 2.75) is 18.9 Å². The Bertz CT molecular complexity index is 957. The predicted molar refractivity (Wildman–Crippen MR) is 118 cm³/mol. The third-order valence-electron chi connectivity index (χ3n) is 5.36. The van der Waals surface area contributed by atoms with Crippen molar-refractivity contribution in [1.29, 1.82) is 0 Å². The Morgan fingerprint density at radius 2 is 1.93 bits per heavy atom. The highest BCUT2D eigenvalue weighted by molar-refractivity contribution is 6.08. The number of para-hydroxylation sites is 1. The zero-order valence-electron chi connectivity index (χ0n) is 16.9. The molecule has 1 heterocycles. The molecule has 2 N–H and O–H groups in total. The van der Waals surface area contributed by atoms with Crippen molar-refractivity contribution in [3.05, 3.63) is 78.9 Å². The van der Waals surface area contributed by atoms with Gasteiger partial charge in [-0.05, 0) is 36.8 Å². The van der Waals surface area contributed by atoms with E-state index in [1.807, 2.05) is 30.3 Å². The van der Waals surface area contributed by atoms with E-state index in [0.717, 1.165) is 0 Å². The van der Waals surface area contributed by atoms with Crippen LogP contribution in [-0.2, 0) is 15.2 Å². The first-order valence-electron chi connectivity index (χ1n) is 9.85. The van der Waals surface area contributed by atoms with Crippen molar-refractivity contribution in [3.63, 3.8) is 0 Å². The summed E-state index contributed by atoms with van der Waals surface area (Å²) in [7, 11) is 0. The van der Waals surface area contributed by atoms with E-state index in [1.165, 1.54) is 9.80 Å². The smallest absolute Gasteiger partial charge is 0.264 e. The second-order valence-corrected chi connectivity index (χ2v) is 7.21. The number of aliphatic hydroxyl groups excluding tert-OH is 1. The minimum Gasteiger partial charge on any atom is -0.396 e. The van der Waals surface area contributed by atoms with E-state index in [1.54, 1.807) is 43.4 Å². The summed E-state index contributed by atoms with van der Waals surface area (Å²) in [5, 5.41) is 20.6. The first-order valence-corrected chi connectivity index (χ1v) is 9.85. The maximum absolute atomic E-state index is 13.2. The molecule has 0 saturated carbocycles. The van der Waals surface area contributed by atoms with Gasteiger partial charge in [0.25, 0.3) is 5.91 Å². The van der Waals surface area contributed by atoms with Crippen molar-refractivity contribution in [1.82, 2.24) is 0 Å². The molecule has 0 bridgehead atoms. The Kier molecular flexibility index (Phi) is 6.50. The molecule has 156 valence electrons. The highest BCUT2D eigenvalue weighted by Crippen LogP contribution is 2.47. The number of anilines is 3. The second kappa shape index (κ2) is 9.07. The van der Waals surface area contributed by atoms with Gasteiger partial charge in [0.1, 0.15) is 0 Å². The molecule has 1 aliphatic rings. The summed E-state index contributed by atoms with van der Waals surface area (Å²) in [4.78, 5) is 28.0. The number of hydrogen-bond donors (Lipinski definition) is 2. The number of fused-ring (bicyclic) bond motifs is 1. The number of carbonyl (C=O) groups is 2. The summed E-state index contributed by atoms with van der Waals surface area (Å²) in [5.74, 6) is -0.977. The van der Waals surface area contributed by atoms with E-state index < -0.39 is 17.4 Å². The van der Waals surface area contributed by atoms with E-state index in [-0.39, 0.29) is 13.2 Å². The lowest BCUT2D eigenvalue weighted by atomic mass is 9.82. The van der Waals surface area contributed by atoms with Gasteiger partial charge in [0, 0.05) is 36.0 Å². The van der Waals surface area contributed by atoms with Crippen molar-refractivity contribution < 1.29 is 19.8 Å². The second-order valence-electron chi connectivity index (χ2n) is 7.21. The number of amides is 2. The number of nitrogens with zero attached hydrogens (tertiary/aromatic N) is 2. The highest BCUT2D eigenvalue weighted by atomic mass is 16.3. The van der Waals surface area contributed by atoms with Gasteiger partial charge in [-0.25, -0.2) is 0 Å². The molecule has 3 rings (SSSR count). The Hall–Kier alpha value is -3.22. The van der Waals surface area contributed by atoms with E-state index in [0.29, 0.717) is 35.5 Å². The third-order valence-corrected chi connectivity index (χ3v) is 5.36. The zero-order chi connectivity index (χ0) is 21.7. The summed E-state index contributed by atoms with van der Waals surface area (Å²) in [5.41, 5.74) is 0.474. The lowest BCUT2D eigenvalue weighted by Crippen LogP contribution is -2.44. The van der Waals surface area contributed by atoms with E-state index in [2.05, 4.69) is 6.58 Å². The lowest BCUT2D eigenvalue weighted by molar-refractivity contribution is -0.139. The van der Waals surface area contributed by atoms with Crippen LogP contribution in [0.25, 0.3) is 0 Å². The van der Waals surface area contributed by atoms with Gasteiger partial charge in [-0.3, -0.25) is 14.5 Å². The largest absolute Gasteiger partial charge is 0.396 e. The van der Waals surface area contributed by atoms with Crippen molar-refractivity contribution >= 4 is 29.4 Å². The van der Waals surface area contributed by atoms with Crippen LogP contribution in [-0.4, -0.2) is 35.7 Å². The Morgan fingerprint density at radius 3 is 2.57 bits per heavy atom. The Labute approximate surface area is 176 Å². The maximum Gasteiger partial charge on any atom is 0.264 e. The van der Waals surface area contributed by atoms with Gasteiger partial charge in [0.15, 0.2) is 5.60 Å². The van der Waals surface area contributed by atoms with Crippen LogP contribution in [0.15, 0.2) is 73.3 Å². The van der Waals surface area contributed by atoms with Crippen LogP contribution in [0, 0.1) is 5.92 Å². The summed E-state index contributed by atoms with van der Waals surface area (Å²) in [6.45, 7) is 5.72. The van der Waals surface area contributed by atoms with E-state index >= 15 is 0 Å². The first-order chi connectivity index (χ1) is 14.5. The molecular formula is C24H26N2O4. The SMILES string of the molecule is C=CCN1C(=O)[C@](O)([C@H](C)/C=C/CCO)c2cc(N(C=O)c3ccccc3)ccc21. The van der Waals surface area contributed by atoms with Gasteiger partial charge >= 0.3 is 0 Å². The minimum atomic E-state index is -1.79. The third kappa shape index (κ3) is 3.67. The van der Waals surface area contributed by atoms with Crippen molar-refractivity contribution in [2.75, 3.05) is 23.0 Å². The van der Waals surface area contributed by atoms with Gasteiger partial charge in [0.2, 0.25) is 6.41 Å². The molecule has 0 radical (unpaired) electrons. The van der Waals surface area contributed by atoms with Crippen LogP contribution in [0.5, 0.6) is 0 Å². The zero-order valence-corrected chi connectivity index (χ0v) is 16.9. The van der Waals surface area contributed by atoms with Gasteiger partial charge in [-0.15, -0.1) is 6.58 Å². The molecular weight excluding hydrogens is 380 g/mol. The monoisotopic (exact) mass is 406 g/mol. The first kappa shape index (κ1) is 21.5. The molecule has 0 aromatic heterocycles. The molecule has 30 heavy (non-hydrogen) atoms. The van der Waals surface area contributed by atoms with Gasteiger partial charge < -0.3 is 15.1 Å². The molecule has 0 spiro atoms. The van der Waals surface area contributed by atoms with Crippen molar-refractivity contribution in [3.8, 4) is 0 Å². The fourth-order valence-electron chi connectivity index (χ4n) is 3.77. The van der Waals surface area contributed by atoms with Crippen LogP contribution < -0.4 is 9.80 Å². The van der Waals surface area contributed by atoms with Crippen LogP contribution >= 0.6 is 0 Å². The van der Waals surface area contributed by atoms with Gasteiger partial charge in [-0.1, -0.05) is 43.4 Å². The average molecular weight is 406 g/mol. The molecule has 6 nitrogen and oxygen atoms in total. The highest BCUT2D eigenvalue weighted by Gasteiger charge is 2.52. The topological polar surface area (TPSA) is 81.1 Å². The average Bonchev–Trinajstić information content (AvgIpc) is 2.98. The van der Waals surface area contributed by atoms with E-state index in [4.69, 9.17) is 5.11 Å². The Morgan fingerprint density at radius 1 is 1.20 bits per heavy atom. The number of carbonyl (C=O) groups excluding carboxylic acids is 2. The molecule has 0 unspecified atom stereocenters. The van der Waals surface area contributed by atoms with Crippen molar-refractivity contribution in [2.24, 2.45) is 5.92 Å². The summed E-state index contributed by atoms with van der Waals surface area (Å²) >= 11 is 0. The Balaban J connectivity index is 2.11. The normalized spacial score (nSPS) is 19.0. The van der Waals surface area contributed by atoms with Gasteiger partial charge in [0.05, 0.1) is 5.69 Å². The summed E-state index contributed by atoms with van der Waals surface area (Å²) < 4.78 is 0. The van der Waals surface area contributed by atoms with Gasteiger partial charge in [-0.2, -0.15) is 0 Å². The molecule has 0 aliphatic carbocycles. The predicted octanol–water partition coefficient (Wildman–Crippen LogP) is 3.28. The number of rotatable bonds is 9. The number of hydrogen-bond acceptors (Lipinski definition) is 4. The fraction of sp³-hybridized carbons (Fsp3) is 0.250. The number of aliphatic hydroxyl groups is 2. The van der Waals surface area contributed by atoms with E-state index in [9.17, 15) is 14.7 Å². The standard InChI is InChI=1S/C24H26N2O4/c1-3-14-25-22-13-12-20(26(17-28)19-10-5-4-6-11-19)16-21(22)24(30,23(25)29)18(2)9-7-8-15-27/h3-7,9-13,16-18,27,30H,1,8,14-15H2,2H3/b9-7+/t18-,24+/m1/s1. The molecule has 0 saturated heterocycles. The summed E-state index contributed by atoms with van der Waals surface area (Å²) in [6.07, 6.45) is 6.23. The molecule has 1 aliphatic heterocycles. The summed E-state index contributed by atoms with van der Waals surface area (Å²) in [6, 6.07) is 14.3. The quantitative estimate of drug-likeness (QED) is 0.495. The van der Waals surface area contributed by atoms with Crippen LogP contribution in [0.1, 0.15) is 18.9 Å². The van der Waals surface area contributed by atoms with Crippen LogP contribution in [0.4, 0.5) is 17.1 Å². The molecule has 2 aromatic rings. The maximum atomic E-state index is 13.2.